The van der Waals surface area contributed by atoms with E-state index in [1.165, 1.54) is 0 Å². The van der Waals surface area contributed by atoms with Crippen molar-refractivity contribution in [3.63, 3.8) is 0 Å². The van der Waals surface area contributed by atoms with Gasteiger partial charge in [0.15, 0.2) is 17.5 Å². The standard InChI is InChI=1S/C15H12F3NO2/c16-12-6-10(7-13(17)14(12)18)19-8-11(15(20)21)9-4-2-1-3-5-9/h1-7,11,19H,8H2,(H,20,21). The Balaban J connectivity index is 2.15. The van der Waals surface area contributed by atoms with Crippen molar-refractivity contribution in [2.75, 3.05) is 11.9 Å². The molecule has 1 unspecified atom stereocenters. The molecule has 0 amide bonds. The summed E-state index contributed by atoms with van der Waals surface area (Å²) >= 11 is 0. The Morgan fingerprint density at radius 3 is 2.19 bits per heavy atom. The number of rotatable bonds is 5. The summed E-state index contributed by atoms with van der Waals surface area (Å²) in [5, 5.41) is 11.8. The Labute approximate surface area is 119 Å². The monoisotopic (exact) mass is 295 g/mol. The third kappa shape index (κ3) is 3.53. The van der Waals surface area contributed by atoms with E-state index in [4.69, 9.17) is 0 Å². The molecular formula is C15H12F3NO2. The summed E-state index contributed by atoms with van der Waals surface area (Å²) in [6.45, 7) is -0.0795. The van der Waals surface area contributed by atoms with Gasteiger partial charge in [-0.05, 0) is 5.56 Å². The van der Waals surface area contributed by atoms with Crippen LogP contribution >= 0.6 is 0 Å². The third-order valence-electron chi connectivity index (χ3n) is 2.99. The number of halogens is 3. The van der Waals surface area contributed by atoms with Crippen molar-refractivity contribution in [2.45, 2.75) is 5.92 Å². The largest absolute Gasteiger partial charge is 0.481 e. The first-order chi connectivity index (χ1) is 9.99. The number of aliphatic carboxylic acids is 1. The highest BCUT2D eigenvalue weighted by molar-refractivity contribution is 5.77. The first kappa shape index (κ1) is 14.9. The van der Waals surface area contributed by atoms with Crippen LogP contribution in [-0.2, 0) is 4.79 Å². The molecule has 2 aromatic rings. The maximum Gasteiger partial charge on any atom is 0.312 e. The lowest BCUT2D eigenvalue weighted by Gasteiger charge is -2.15. The van der Waals surface area contributed by atoms with Crippen LogP contribution in [0, 0.1) is 17.5 Å². The molecule has 0 aliphatic heterocycles. The van der Waals surface area contributed by atoms with Gasteiger partial charge in [0.05, 0.1) is 5.92 Å². The number of benzene rings is 2. The van der Waals surface area contributed by atoms with Crippen LogP contribution in [-0.4, -0.2) is 17.6 Å². The van der Waals surface area contributed by atoms with Crippen molar-refractivity contribution in [3.05, 3.63) is 65.5 Å². The van der Waals surface area contributed by atoms with Crippen molar-refractivity contribution in [2.24, 2.45) is 0 Å². The average molecular weight is 295 g/mol. The van der Waals surface area contributed by atoms with Gasteiger partial charge >= 0.3 is 5.97 Å². The molecule has 0 aromatic heterocycles. The number of nitrogens with one attached hydrogen (secondary N) is 1. The molecule has 0 bridgehead atoms. The molecule has 2 N–H and O–H groups in total. The number of hydrogen-bond donors (Lipinski definition) is 2. The number of anilines is 1. The van der Waals surface area contributed by atoms with E-state index in [-0.39, 0.29) is 12.2 Å². The topological polar surface area (TPSA) is 49.3 Å². The lowest BCUT2D eigenvalue weighted by molar-refractivity contribution is -0.138. The van der Waals surface area contributed by atoms with Crippen molar-refractivity contribution in [3.8, 4) is 0 Å². The molecule has 110 valence electrons. The van der Waals surface area contributed by atoms with Gasteiger partial charge in [-0.25, -0.2) is 13.2 Å². The van der Waals surface area contributed by atoms with Crippen LogP contribution in [0.2, 0.25) is 0 Å². The van der Waals surface area contributed by atoms with Crippen molar-refractivity contribution in [1.82, 2.24) is 0 Å². The molecule has 21 heavy (non-hydrogen) atoms. The first-order valence-electron chi connectivity index (χ1n) is 6.15. The number of carboxylic acid groups (broad SMARTS) is 1. The molecule has 0 radical (unpaired) electrons. The van der Waals surface area contributed by atoms with Crippen molar-refractivity contribution < 1.29 is 23.1 Å². The van der Waals surface area contributed by atoms with Gasteiger partial charge in [-0.15, -0.1) is 0 Å². The number of carboxylic acids is 1. The SMILES string of the molecule is O=C(O)C(CNc1cc(F)c(F)c(F)c1)c1ccccc1. The molecule has 6 heteroatoms. The fourth-order valence-corrected chi connectivity index (χ4v) is 1.91. The molecule has 1 atom stereocenters. The van der Waals surface area contributed by atoms with E-state index < -0.39 is 29.3 Å². The van der Waals surface area contributed by atoms with Gasteiger partial charge in [0.1, 0.15) is 0 Å². The van der Waals surface area contributed by atoms with Gasteiger partial charge in [-0.2, -0.15) is 0 Å². The molecule has 3 nitrogen and oxygen atoms in total. The lowest BCUT2D eigenvalue weighted by atomic mass is 9.99. The fraction of sp³-hybridized carbons (Fsp3) is 0.133. The van der Waals surface area contributed by atoms with E-state index in [1.54, 1.807) is 30.3 Å². The Morgan fingerprint density at radius 1 is 1.10 bits per heavy atom. The van der Waals surface area contributed by atoms with Gasteiger partial charge in [0.2, 0.25) is 0 Å². The summed E-state index contributed by atoms with van der Waals surface area (Å²) in [6.07, 6.45) is 0. The van der Waals surface area contributed by atoms with Crippen LogP contribution in [0.3, 0.4) is 0 Å². The van der Waals surface area contributed by atoms with Crippen molar-refractivity contribution >= 4 is 11.7 Å². The van der Waals surface area contributed by atoms with Crippen LogP contribution in [0.15, 0.2) is 42.5 Å². The zero-order valence-electron chi connectivity index (χ0n) is 10.8. The van der Waals surface area contributed by atoms with Gasteiger partial charge in [-0.3, -0.25) is 4.79 Å². The van der Waals surface area contributed by atoms with E-state index >= 15 is 0 Å². The minimum absolute atomic E-state index is 0.0198. The summed E-state index contributed by atoms with van der Waals surface area (Å²) in [4.78, 5) is 11.3. The molecule has 0 saturated heterocycles. The van der Waals surface area contributed by atoms with E-state index in [0.717, 1.165) is 12.1 Å². The third-order valence-corrected chi connectivity index (χ3v) is 2.99. The summed E-state index contributed by atoms with van der Waals surface area (Å²) in [6, 6.07) is 9.99. The second-order valence-corrected chi connectivity index (χ2v) is 4.44. The zero-order valence-corrected chi connectivity index (χ0v) is 10.8. The quantitative estimate of drug-likeness (QED) is 0.831. The number of carbonyl (C=O) groups is 1. The Morgan fingerprint density at radius 2 is 1.67 bits per heavy atom. The minimum atomic E-state index is -1.56. The summed E-state index contributed by atoms with van der Waals surface area (Å²) in [7, 11) is 0. The van der Waals surface area contributed by atoms with Crippen LogP contribution < -0.4 is 5.32 Å². The predicted octanol–water partition coefficient (Wildman–Crippen LogP) is 3.38. The normalized spacial score (nSPS) is 12.0. The van der Waals surface area contributed by atoms with Gasteiger partial charge in [0, 0.05) is 24.4 Å². The number of hydrogen-bond acceptors (Lipinski definition) is 2. The second-order valence-electron chi connectivity index (χ2n) is 4.44. The van der Waals surface area contributed by atoms with Crippen LogP contribution in [0.4, 0.5) is 18.9 Å². The average Bonchev–Trinajstić information content (AvgIpc) is 2.45. The highest BCUT2D eigenvalue weighted by Gasteiger charge is 2.20. The summed E-state index contributed by atoms with van der Waals surface area (Å²) in [5.41, 5.74) is 0.536. The molecule has 0 aliphatic carbocycles. The summed E-state index contributed by atoms with van der Waals surface area (Å²) < 4.78 is 39.0. The smallest absolute Gasteiger partial charge is 0.312 e. The van der Waals surface area contributed by atoms with Crippen LogP contribution in [0.5, 0.6) is 0 Å². The molecule has 2 rings (SSSR count). The first-order valence-corrected chi connectivity index (χ1v) is 6.15. The fourth-order valence-electron chi connectivity index (χ4n) is 1.91. The molecule has 0 spiro atoms. The van der Waals surface area contributed by atoms with Gasteiger partial charge in [-0.1, -0.05) is 30.3 Å². The molecule has 2 aromatic carbocycles. The molecule has 0 saturated carbocycles. The highest BCUT2D eigenvalue weighted by atomic mass is 19.2. The molecule has 0 aliphatic rings. The maximum absolute atomic E-state index is 13.1. The zero-order chi connectivity index (χ0) is 15.4. The predicted molar refractivity (Wildman–Crippen MR) is 71.6 cm³/mol. The van der Waals surface area contributed by atoms with Crippen molar-refractivity contribution in [1.29, 1.82) is 0 Å². The van der Waals surface area contributed by atoms with Crippen LogP contribution in [0.1, 0.15) is 11.5 Å². The maximum atomic E-state index is 13.1. The Bertz CT molecular complexity index is 624. The lowest BCUT2D eigenvalue weighted by Crippen LogP contribution is -2.21. The Kier molecular flexibility index (Phi) is 4.47. The molecular weight excluding hydrogens is 283 g/mol. The van der Waals surface area contributed by atoms with Gasteiger partial charge < -0.3 is 10.4 Å². The highest BCUT2D eigenvalue weighted by Crippen LogP contribution is 2.20. The van der Waals surface area contributed by atoms with E-state index in [2.05, 4.69) is 5.32 Å². The van der Waals surface area contributed by atoms with Crippen LogP contribution in [0.25, 0.3) is 0 Å². The Hall–Kier alpha value is -2.50. The second kappa shape index (κ2) is 6.30. The molecule has 0 heterocycles. The van der Waals surface area contributed by atoms with E-state index in [9.17, 15) is 23.1 Å². The summed E-state index contributed by atoms with van der Waals surface area (Å²) in [5.74, 6) is -6.18. The van der Waals surface area contributed by atoms with Gasteiger partial charge in [0.25, 0.3) is 0 Å². The molecule has 0 fully saturated rings. The minimum Gasteiger partial charge on any atom is -0.481 e. The van der Waals surface area contributed by atoms with E-state index in [1.807, 2.05) is 0 Å². The van der Waals surface area contributed by atoms with E-state index in [0.29, 0.717) is 5.56 Å².